The fraction of sp³-hybridized carbons (Fsp3) is 0.444. The predicted molar refractivity (Wildman–Crippen MR) is 48.1 cm³/mol. The van der Waals surface area contributed by atoms with Crippen LogP contribution in [0.1, 0.15) is 17.2 Å². The molecule has 0 amide bonds. The SMILES string of the molecule is CNCC(O)c1cnccc1C(F)(F)F. The van der Waals surface area contributed by atoms with Crippen molar-refractivity contribution in [2.45, 2.75) is 12.3 Å². The minimum atomic E-state index is -4.47. The second kappa shape index (κ2) is 4.59. The molecule has 84 valence electrons. The van der Waals surface area contributed by atoms with E-state index in [9.17, 15) is 18.3 Å². The first-order valence-electron chi connectivity index (χ1n) is 4.30. The van der Waals surface area contributed by atoms with E-state index < -0.39 is 17.8 Å². The number of nitrogens with one attached hydrogen (secondary N) is 1. The Labute approximate surface area is 85.0 Å². The molecule has 0 aromatic carbocycles. The van der Waals surface area contributed by atoms with Gasteiger partial charge in [-0.15, -0.1) is 0 Å². The maximum Gasteiger partial charge on any atom is 0.416 e. The summed E-state index contributed by atoms with van der Waals surface area (Å²) >= 11 is 0. The van der Waals surface area contributed by atoms with Gasteiger partial charge in [-0.3, -0.25) is 4.98 Å². The summed E-state index contributed by atoms with van der Waals surface area (Å²) in [5.41, 5.74) is -1.06. The van der Waals surface area contributed by atoms with E-state index in [4.69, 9.17) is 0 Å². The van der Waals surface area contributed by atoms with Gasteiger partial charge in [-0.05, 0) is 13.1 Å². The molecular formula is C9H11F3N2O. The molecule has 15 heavy (non-hydrogen) atoms. The second-order valence-electron chi connectivity index (χ2n) is 3.03. The number of halogens is 3. The normalized spacial score (nSPS) is 13.9. The van der Waals surface area contributed by atoms with Crippen LogP contribution in [0.4, 0.5) is 13.2 Å². The molecule has 1 aromatic rings. The van der Waals surface area contributed by atoms with Crippen LogP contribution in [0.25, 0.3) is 0 Å². The van der Waals surface area contributed by atoms with E-state index in [0.717, 1.165) is 18.5 Å². The predicted octanol–water partition coefficient (Wildman–Crippen LogP) is 1.35. The van der Waals surface area contributed by atoms with E-state index in [0.29, 0.717) is 0 Å². The lowest BCUT2D eigenvalue weighted by Gasteiger charge is -2.16. The third-order valence-electron chi connectivity index (χ3n) is 1.91. The van der Waals surface area contributed by atoms with Crippen molar-refractivity contribution in [1.82, 2.24) is 10.3 Å². The lowest BCUT2D eigenvalue weighted by molar-refractivity contribution is -0.139. The van der Waals surface area contributed by atoms with Gasteiger partial charge in [0.05, 0.1) is 11.7 Å². The molecule has 1 atom stereocenters. The van der Waals surface area contributed by atoms with Crippen LogP contribution in [0.5, 0.6) is 0 Å². The number of likely N-dealkylation sites (N-methyl/N-ethyl adjacent to an activating group) is 1. The van der Waals surface area contributed by atoms with Gasteiger partial charge in [0, 0.05) is 24.5 Å². The van der Waals surface area contributed by atoms with Gasteiger partial charge in [0.15, 0.2) is 0 Å². The zero-order chi connectivity index (χ0) is 11.5. The number of pyridine rings is 1. The highest BCUT2D eigenvalue weighted by Crippen LogP contribution is 2.33. The largest absolute Gasteiger partial charge is 0.416 e. The van der Waals surface area contributed by atoms with Gasteiger partial charge in [0.2, 0.25) is 0 Å². The molecular weight excluding hydrogens is 209 g/mol. The highest BCUT2D eigenvalue weighted by atomic mass is 19.4. The number of rotatable bonds is 3. The highest BCUT2D eigenvalue weighted by molar-refractivity contribution is 5.28. The summed E-state index contributed by atoms with van der Waals surface area (Å²) in [5.74, 6) is 0. The topological polar surface area (TPSA) is 45.1 Å². The first kappa shape index (κ1) is 11.9. The Morgan fingerprint density at radius 3 is 2.73 bits per heavy atom. The molecule has 1 heterocycles. The lowest BCUT2D eigenvalue weighted by atomic mass is 10.0. The monoisotopic (exact) mass is 220 g/mol. The molecule has 0 radical (unpaired) electrons. The van der Waals surface area contributed by atoms with Gasteiger partial charge in [-0.1, -0.05) is 0 Å². The second-order valence-corrected chi connectivity index (χ2v) is 3.03. The maximum absolute atomic E-state index is 12.5. The minimum Gasteiger partial charge on any atom is -0.387 e. The molecule has 3 nitrogen and oxygen atoms in total. The number of aliphatic hydroxyl groups excluding tert-OH is 1. The van der Waals surface area contributed by atoms with E-state index in [1.54, 1.807) is 7.05 Å². The fourth-order valence-electron chi connectivity index (χ4n) is 1.23. The summed E-state index contributed by atoms with van der Waals surface area (Å²) in [5, 5.41) is 12.1. The Hall–Kier alpha value is -1.14. The van der Waals surface area contributed by atoms with E-state index in [1.165, 1.54) is 0 Å². The van der Waals surface area contributed by atoms with Crippen LogP contribution < -0.4 is 5.32 Å². The molecule has 0 aliphatic heterocycles. The number of hydrogen-bond acceptors (Lipinski definition) is 3. The number of nitrogens with zero attached hydrogens (tertiary/aromatic N) is 1. The number of alkyl halides is 3. The summed E-state index contributed by atoms with van der Waals surface area (Å²) in [4.78, 5) is 3.57. The van der Waals surface area contributed by atoms with E-state index in [2.05, 4.69) is 10.3 Å². The number of aliphatic hydroxyl groups is 1. The third kappa shape index (κ3) is 2.90. The van der Waals surface area contributed by atoms with Crippen molar-refractivity contribution in [3.05, 3.63) is 29.6 Å². The van der Waals surface area contributed by atoms with Crippen molar-refractivity contribution in [2.75, 3.05) is 13.6 Å². The van der Waals surface area contributed by atoms with Gasteiger partial charge < -0.3 is 10.4 Å². The smallest absolute Gasteiger partial charge is 0.387 e. The number of hydrogen-bond donors (Lipinski definition) is 2. The van der Waals surface area contributed by atoms with Gasteiger partial charge >= 0.3 is 6.18 Å². The average Bonchev–Trinajstić information content (AvgIpc) is 2.17. The molecule has 0 fully saturated rings. The van der Waals surface area contributed by atoms with Gasteiger partial charge in [0.1, 0.15) is 0 Å². The Morgan fingerprint density at radius 2 is 2.20 bits per heavy atom. The lowest BCUT2D eigenvalue weighted by Crippen LogP contribution is -2.20. The van der Waals surface area contributed by atoms with E-state index >= 15 is 0 Å². The molecule has 0 spiro atoms. The molecule has 1 aromatic heterocycles. The Morgan fingerprint density at radius 1 is 1.53 bits per heavy atom. The molecule has 0 saturated carbocycles. The molecule has 1 rings (SSSR count). The fourth-order valence-corrected chi connectivity index (χ4v) is 1.23. The van der Waals surface area contributed by atoms with Crippen LogP contribution in [0.3, 0.4) is 0 Å². The van der Waals surface area contributed by atoms with Gasteiger partial charge in [-0.2, -0.15) is 13.2 Å². The van der Waals surface area contributed by atoms with Crippen molar-refractivity contribution in [3.63, 3.8) is 0 Å². The third-order valence-corrected chi connectivity index (χ3v) is 1.91. The van der Waals surface area contributed by atoms with Crippen LogP contribution in [-0.4, -0.2) is 23.7 Å². The zero-order valence-electron chi connectivity index (χ0n) is 8.04. The summed E-state index contributed by atoms with van der Waals surface area (Å²) in [7, 11) is 1.55. The summed E-state index contributed by atoms with van der Waals surface area (Å²) in [6, 6.07) is 0.855. The van der Waals surface area contributed by atoms with Crippen LogP contribution in [0, 0.1) is 0 Å². The van der Waals surface area contributed by atoms with Crippen molar-refractivity contribution in [1.29, 1.82) is 0 Å². The first-order chi connectivity index (χ1) is 6.96. The Bertz CT molecular complexity index is 327. The molecule has 0 aliphatic carbocycles. The minimum absolute atomic E-state index is 0.0504. The van der Waals surface area contributed by atoms with Crippen molar-refractivity contribution in [2.24, 2.45) is 0 Å². The van der Waals surface area contributed by atoms with Crippen LogP contribution in [0.2, 0.25) is 0 Å². The van der Waals surface area contributed by atoms with E-state index in [1.807, 2.05) is 0 Å². The molecule has 6 heteroatoms. The summed E-state index contributed by atoms with van der Waals surface area (Å²) < 4.78 is 37.5. The zero-order valence-corrected chi connectivity index (χ0v) is 8.04. The average molecular weight is 220 g/mol. The van der Waals surface area contributed by atoms with E-state index in [-0.39, 0.29) is 12.1 Å². The van der Waals surface area contributed by atoms with Crippen LogP contribution in [-0.2, 0) is 6.18 Å². The first-order valence-corrected chi connectivity index (χ1v) is 4.30. The summed E-state index contributed by atoms with van der Waals surface area (Å²) in [6.07, 6.45) is -3.59. The summed E-state index contributed by atoms with van der Waals surface area (Å²) in [6.45, 7) is 0.0504. The maximum atomic E-state index is 12.5. The molecule has 1 unspecified atom stereocenters. The molecule has 0 bridgehead atoms. The van der Waals surface area contributed by atoms with Crippen LogP contribution in [0.15, 0.2) is 18.5 Å². The molecule has 2 N–H and O–H groups in total. The van der Waals surface area contributed by atoms with Gasteiger partial charge in [-0.25, -0.2) is 0 Å². The molecule has 0 saturated heterocycles. The van der Waals surface area contributed by atoms with Crippen molar-refractivity contribution in [3.8, 4) is 0 Å². The quantitative estimate of drug-likeness (QED) is 0.808. The number of aromatic nitrogens is 1. The van der Waals surface area contributed by atoms with Crippen LogP contribution >= 0.6 is 0 Å². The standard InChI is InChI=1S/C9H11F3N2O/c1-13-5-8(15)6-4-14-3-2-7(6)9(10,11)12/h2-4,8,13,15H,5H2,1H3. The molecule has 0 aliphatic rings. The Balaban J connectivity index is 3.06. The van der Waals surface area contributed by atoms with Gasteiger partial charge in [0.25, 0.3) is 0 Å². The highest BCUT2D eigenvalue weighted by Gasteiger charge is 2.34. The van der Waals surface area contributed by atoms with Crippen molar-refractivity contribution >= 4 is 0 Å². The Kier molecular flexibility index (Phi) is 3.65. The van der Waals surface area contributed by atoms with Crippen molar-refractivity contribution < 1.29 is 18.3 Å².